The Hall–Kier alpha value is -2.39. The molecular weight excluding hydrogens is 390 g/mol. The number of amides is 2. The maximum Gasteiger partial charge on any atom is 0.333 e. The van der Waals surface area contributed by atoms with Crippen molar-refractivity contribution in [2.75, 3.05) is 25.8 Å². The number of carbonyl (C=O) groups excluding carboxylic acids is 1. The largest absolute Gasteiger partial charge is 0.333 e. The fourth-order valence-corrected chi connectivity index (χ4v) is 4.95. The van der Waals surface area contributed by atoms with E-state index in [0.717, 1.165) is 60.4 Å². The van der Waals surface area contributed by atoms with E-state index in [1.54, 1.807) is 0 Å². The van der Waals surface area contributed by atoms with Crippen LogP contribution in [0.4, 0.5) is 10.5 Å². The summed E-state index contributed by atoms with van der Waals surface area (Å²) < 4.78 is 72.9. The Balaban J connectivity index is 1.44. The Morgan fingerprint density at radius 3 is 2.55 bits per heavy atom. The molecule has 0 saturated heterocycles. The number of urea groups is 1. The molecule has 2 aliphatic rings. The number of hydrogen-bond donors (Lipinski definition) is 2. The van der Waals surface area contributed by atoms with Crippen molar-refractivity contribution >= 4 is 21.7 Å². The van der Waals surface area contributed by atoms with Crippen molar-refractivity contribution in [2.45, 2.75) is 50.1 Å². The number of likely N-dealkylation sites (N-methyl/N-ethyl adjacent to an activating group) is 1. The van der Waals surface area contributed by atoms with E-state index >= 15 is 0 Å². The van der Waals surface area contributed by atoms with Gasteiger partial charge < -0.3 is 10.2 Å². The number of aryl methyl sites for hydroxylation is 2. The van der Waals surface area contributed by atoms with Crippen LogP contribution in [0.2, 0.25) is 0 Å². The van der Waals surface area contributed by atoms with Crippen LogP contribution in [0.15, 0.2) is 23.4 Å². The highest BCUT2D eigenvalue weighted by atomic mass is 32.2. The van der Waals surface area contributed by atoms with Gasteiger partial charge >= 0.3 is 6.03 Å². The minimum Gasteiger partial charge on any atom is -0.308 e. The van der Waals surface area contributed by atoms with Crippen molar-refractivity contribution in [3.05, 3.63) is 40.6 Å². The first kappa shape index (κ1) is 13.8. The number of nitrogens with zero attached hydrogens (tertiary/aromatic N) is 3. The molecule has 0 atom stereocenters. The van der Waals surface area contributed by atoms with Crippen molar-refractivity contribution in [2.24, 2.45) is 0 Å². The number of aromatic nitrogens is 2. The number of benzene rings is 1. The SMILES string of the molecule is [2H]C([2H])([2H])N(CCn1ccc(S(=O)(=O)NC(=O)Nc2c3c(cc4c2CCC4)CCC3)n1)C([2H])([2H])[2H]. The van der Waals surface area contributed by atoms with Crippen molar-refractivity contribution in [1.29, 1.82) is 0 Å². The molecule has 9 heteroatoms. The van der Waals surface area contributed by atoms with Crippen LogP contribution < -0.4 is 10.0 Å². The number of anilines is 1. The normalized spacial score (nSPS) is 19.3. The second kappa shape index (κ2) is 7.79. The number of sulfonamides is 1. The maximum atomic E-state index is 12.7. The molecule has 0 radical (unpaired) electrons. The quantitative estimate of drug-likeness (QED) is 0.740. The van der Waals surface area contributed by atoms with Gasteiger partial charge in [0, 0.05) is 26.7 Å². The van der Waals surface area contributed by atoms with E-state index < -0.39 is 41.6 Å². The van der Waals surface area contributed by atoms with E-state index in [4.69, 9.17) is 8.22 Å². The third-order valence-corrected chi connectivity index (χ3v) is 6.61. The van der Waals surface area contributed by atoms with Crippen molar-refractivity contribution in [1.82, 2.24) is 19.4 Å². The molecule has 0 bridgehead atoms. The first-order valence-corrected chi connectivity index (χ1v) is 11.1. The highest BCUT2D eigenvalue weighted by Crippen LogP contribution is 2.38. The maximum absolute atomic E-state index is 12.7. The number of carbonyl (C=O) groups is 1. The molecule has 2 N–H and O–H groups in total. The molecule has 8 nitrogen and oxygen atoms in total. The van der Waals surface area contributed by atoms with E-state index in [1.165, 1.54) is 17.3 Å². The van der Waals surface area contributed by atoms with Crippen LogP contribution in [0.25, 0.3) is 0 Å². The molecule has 29 heavy (non-hydrogen) atoms. The van der Waals surface area contributed by atoms with Gasteiger partial charge in [-0.05, 0) is 80.8 Å². The molecule has 2 aliphatic carbocycles. The second-order valence-electron chi connectivity index (χ2n) is 7.36. The summed E-state index contributed by atoms with van der Waals surface area (Å²) in [6.07, 6.45) is 6.81. The van der Waals surface area contributed by atoms with Crippen molar-refractivity contribution in [3.63, 3.8) is 0 Å². The zero-order chi connectivity index (χ0) is 25.6. The summed E-state index contributed by atoms with van der Waals surface area (Å²) >= 11 is 0. The summed E-state index contributed by atoms with van der Waals surface area (Å²) in [5.41, 5.74) is 5.24. The number of rotatable bonds is 6. The van der Waals surface area contributed by atoms with Gasteiger partial charge in [0.25, 0.3) is 10.0 Å². The lowest BCUT2D eigenvalue weighted by Gasteiger charge is -2.16. The smallest absolute Gasteiger partial charge is 0.308 e. The summed E-state index contributed by atoms with van der Waals surface area (Å²) in [6, 6.07) is 2.48. The lowest BCUT2D eigenvalue weighted by molar-refractivity contribution is 0.256. The third kappa shape index (κ3) is 4.16. The molecule has 0 fully saturated rings. The Kier molecular flexibility index (Phi) is 3.70. The Morgan fingerprint density at radius 1 is 1.21 bits per heavy atom. The van der Waals surface area contributed by atoms with Crippen LogP contribution in [0.5, 0.6) is 0 Å². The minimum atomic E-state index is -4.31. The molecule has 1 aromatic heterocycles. The molecule has 0 unspecified atom stereocenters. The zero-order valence-electron chi connectivity index (χ0n) is 21.9. The zero-order valence-corrected chi connectivity index (χ0v) is 16.7. The molecule has 2 amide bonds. The van der Waals surface area contributed by atoms with Crippen LogP contribution in [0, 0.1) is 0 Å². The molecule has 0 spiro atoms. The van der Waals surface area contributed by atoms with Gasteiger partial charge in [-0.25, -0.2) is 9.52 Å². The van der Waals surface area contributed by atoms with Gasteiger partial charge in [0.2, 0.25) is 0 Å². The summed E-state index contributed by atoms with van der Waals surface area (Å²) in [4.78, 5) is 13.0. The molecule has 0 saturated carbocycles. The Bertz CT molecular complexity index is 1190. The first-order chi connectivity index (χ1) is 16.3. The lowest BCUT2D eigenvalue weighted by atomic mass is 9.99. The molecule has 1 heterocycles. The van der Waals surface area contributed by atoms with Crippen LogP contribution in [-0.4, -0.2) is 49.6 Å². The van der Waals surface area contributed by atoms with Crippen LogP contribution in [0.3, 0.4) is 0 Å². The van der Waals surface area contributed by atoms with Gasteiger partial charge in [0.1, 0.15) is 0 Å². The Morgan fingerprint density at radius 2 is 1.90 bits per heavy atom. The fraction of sp³-hybridized carbons (Fsp3) is 0.500. The summed E-state index contributed by atoms with van der Waals surface area (Å²) in [7, 11) is -4.31. The molecule has 1 aromatic carbocycles. The number of nitrogens with one attached hydrogen (secondary N) is 2. The van der Waals surface area contributed by atoms with Crippen molar-refractivity contribution < 1.29 is 21.4 Å². The fourth-order valence-electron chi connectivity index (χ4n) is 4.09. The van der Waals surface area contributed by atoms with E-state index in [0.29, 0.717) is 10.6 Å². The summed E-state index contributed by atoms with van der Waals surface area (Å²) in [5.74, 6) is 0. The number of fused-ring (bicyclic) bond motifs is 2. The molecule has 156 valence electrons. The highest BCUT2D eigenvalue weighted by molar-refractivity contribution is 7.90. The minimum absolute atomic E-state index is 0.180. The average molecular weight is 424 g/mol. The molecular formula is C20H27N5O3S. The Labute approximate surface area is 179 Å². The predicted molar refractivity (Wildman–Crippen MR) is 111 cm³/mol. The van der Waals surface area contributed by atoms with Gasteiger partial charge in [-0.3, -0.25) is 4.68 Å². The van der Waals surface area contributed by atoms with E-state index in [-0.39, 0.29) is 6.54 Å². The summed E-state index contributed by atoms with van der Waals surface area (Å²) in [5, 5.41) is 6.20. The third-order valence-electron chi connectivity index (χ3n) is 5.38. The summed E-state index contributed by atoms with van der Waals surface area (Å²) in [6.45, 7) is -6.30. The topological polar surface area (TPSA) is 96.3 Å². The monoisotopic (exact) mass is 423 g/mol. The van der Waals surface area contributed by atoms with Gasteiger partial charge in [-0.15, -0.1) is 0 Å². The lowest BCUT2D eigenvalue weighted by Crippen LogP contribution is -2.35. The van der Waals surface area contributed by atoms with E-state index in [2.05, 4.69) is 16.5 Å². The predicted octanol–water partition coefficient (Wildman–Crippen LogP) is 1.93. The molecule has 0 aliphatic heterocycles. The van der Waals surface area contributed by atoms with Gasteiger partial charge in [0.05, 0.1) is 6.54 Å². The standard InChI is InChI=1S/C20H27N5O3S/c1-24(2)11-12-25-10-9-18(22-25)29(27,28)23-20(26)21-19-16-7-3-5-14(16)13-15-6-4-8-17(15)19/h9-10,13H,3-8,11-12H2,1-2H3,(H2,21,23,26)/i1D3,2D3. The molecule has 4 rings (SSSR count). The number of hydrogen-bond acceptors (Lipinski definition) is 5. The van der Waals surface area contributed by atoms with Crippen LogP contribution in [-0.2, 0) is 42.3 Å². The van der Waals surface area contributed by atoms with Gasteiger partial charge in [-0.2, -0.15) is 13.5 Å². The van der Waals surface area contributed by atoms with Gasteiger partial charge in [0.15, 0.2) is 5.03 Å². The molecule has 2 aromatic rings. The van der Waals surface area contributed by atoms with Crippen LogP contribution >= 0.6 is 0 Å². The first-order valence-electron chi connectivity index (χ1n) is 12.6. The van der Waals surface area contributed by atoms with E-state index in [1.807, 2.05) is 4.72 Å². The van der Waals surface area contributed by atoms with E-state index in [9.17, 15) is 13.2 Å². The highest BCUT2D eigenvalue weighted by Gasteiger charge is 2.27. The van der Waals surface area contributed by atoms with Crippen LogP contribution in [0.1, 0.15) is 43.3 Å². The second-order valence-corrected chi connectivity index (χ2v) is 8.99. The average Bonchev–Trinajstić information content (AvgIpc) is 3.45. The van der Waals surface area contributed by atoms with Gasteiger partial charge in [-0.1, -0.05) is 6.07 Å². The van der Waals surface area contributed by atoms with Crippen molar-refractivity contribution in [3.8, 4) is 0 Å².